The van der Waals surface area contributed by atoms with Crippen LogP contribution in [0.1, 0.15) is 23.7 Å². The van der Waals surface area contributed by atoms with Crippen molar-refractivity contribution in [3.8, 4) is 5.75 Å². The smallest absolute Gasteiger partial charge is 0.441 e. The van der Waals surface area contributed by atoms with E-state index in [0.717, 1.165) is 17.5 Å². The molecule has 0 bridgehead atoms. The van der Waals surface area contributed by atoms with E-state index in [9.17, 15) is 18.3 Å². The fraction of sp³-hybridized carbons (Fsp3) is 0.500. The lowest BCUT2D eigenvalue weighted by atomic mass is 10.1. The molecule has 1 aliphatic carbocycles. The highest BCUT2D eigenvalue weighted by Crippen LogP contribution is 2.33. The minimum absolute atomic E-state index is 0.0194. The normalized spacial score (nSPS) is 18.8. The van der Waals surface area contributed by atoms with E-state index in [1.54, 1.807) is 18.2 Å². The van der Waals surface area contributed by atoms with Crippen LogP contribution < -0.4 is 4.74 Å². The van der Waals surface area contributed by atoms with Crippen molar-refractivity contribution in [1.29, 1.82) is 0 Å². The first-order chi connectivity index (χ1) is 8.46. The molecular weight excluding hydrogens is 265 g/mol. The molecule has 100 valence electrons. The number of aliphatic hydroxyl groups excluding tert-OH is 1. The minimum Gasteiger partial charge on any atom is -0.493 e. The van der Waals surface area contributed by atoms with Gasteiger partial charge in [0, 0.05) is 5.75 Å². The van der Waals surface area contributed by atoms with Crippen molar-refractivity contribution in [2.24, 2.45) is 0 Å². The van der Waals surface area contributed by atoms with Crippen molar-refractivity contribution >= 4 is 11.8 Å². The molecule has 0 amide bonds. The van der Waals surface area contributed by atoms with Crippen LogP contribution in [0.25, 0.3) is 0 Å². The summed E-state index contributed by atoms with van der Waals surface area (Å²) in [6.45, 7) is 0.0194. The molecule has 2 rings (SSSR count). The number of thioether (sulfide) groups is 1. The molecule has 0 heterocycles. The van der Waals surface area contributed by atoms with Gasteiger partial charge in [-0.15, -0.1) is 0 Å². The molecule has 1 atom stereocenters. The molecule has 18 heavy (non-hydrogen) atoms. The predicted molar refractivity (Wildman–Crippen MR) is 63.7 cm³/mol. The summed E-state index contributed by atoms with van der Waals surface area (Å²) >= 11 is -0.0863. The summed E-state index contributed by atoms with van der Waals surface area (Å²) < 4.78 is 40.9. The Hall–Kier alpha value is -0.880. The van der Waals surface area contributed by atoms with Crippen LogP contribution in [0.15, 0.2) is 18.2 Å². The third kappa shape index (κ3) is 3.55. The van der Waals surface area contributed by atoms with E-state index in [2.05, 4.69) is 0 Å². The van der Waals surface area contributed by atoms with Gasteiger partial charge in [-0.1, -0.05) is 6.07 Å². The fourth-order valence-electron chi connectivity index (χ4n) is 1.98. The third-order valence-corrected chi connectivity index (χ3v) is 3.48. The van der Waals surface area contributed by atoms with E-state index in [1.165, 1.54) is 0 Å². The molecule has 0 aromatic heterocycles. The summed E-state index contributed by atoms with van der Waals surface area (Å²) in [5, 5.41) is 9.61. The lowest BCUT2D eigenvalue weighted by Crippen LogP contribution is -2.07. The standard InChI is InChI=1S/C12H13F3O2S/c13-12(14,15)18-6-5-17-9-2-3-10-8(7-9)1-4-11(10)16/h2-3,7,11,16H,1,4-6H2. The van der Waals surface area contributed by atoms with Gasteiger partial charge in [0.15, 0.2) is 0 Å². The molecule has 1 aromatic rings. The fourth-order valence-corrected chi connectivity index (χ4v) is 2.38. The van der Waals surface area contributed by atoms with Gasteiger partial charge in [0.2, 0.25) is 0 Å². The molecule has 0 fully saturated rings. The molecule has 0 radical (unpaired) electrons. The van der Waals surface area contributed by atoms with Crippen LogP contribution in [0.4, 0.5) is 13.2 Å². The van der Waals surface area contributed by atoms with Gasteiger partial charge in [-0.2, -0.15) is 13.2 Å². The number of rotatable bonds is 4. The maximum Gasteiger partial charge on any atom is 0.441 e. The number of fused-ring (bicyclic) bond motifs is 1. The summed E-state index contributed by atoms with van der Waals surface area (Å²) in [4.78, 5) is 0. The molecule has 6 heteroatoms. The molecule has 0 saturated carbocycles. The Morgan fingerprint density at radius 3 is 2.89 bits per heavy atom. The minimum atomic E-state index is -4.20. The lowest BCUT2D eigenvalue weighted by Gasteiger charge is -2.09. The van der Waals surface area contributed by atoms with Crippen molar-refractivity contribution in [3.63, 3.8) is 0 Å². The van der Waals surface area contributed by atoms with Gasteiger partial charge >= 0.3 is 5.51 Å². The molecule has 1 N–H and O–H groups in total. The molecule has 1 aromatic carbocycles. The van der Waals surface area contributed by atoms with Crippen LogP contribution in [0, 0.1) is 0 Å². The second kappa shape index (κ2) is 5.40. The average molecular weight is 278 g/mol. The van der Waals surface area contributed by atoms with Gasteiger partial charge in [0.25, 0.3) is 0 Å². The zero-order valence-corrected chi connectivity index (χ0v) is 10.4. The second-order valence-electron chi connectivity index (χ2n) is 4.06. The maximum absolute atomic E-state index is 11.9. The SMILES string of the molecule is OC1CCc2cc(OCCSC(F)(F)F)ccc21. The van der Waals surface area contributed by atoms with Gasteiger partial charge in [-0.3, -0.25) is 0 Å². The monoisotopic (exact) mass is 278 g/mol. The number of aliphatic hydroxyl groups is 1. The number of aryl methyl sites for hydroxylation is 1. The maximum atomic E-state index is 11.9. The lowest BCUT2D eigenvalue weighted by molar-refractivity contribution is -0.0329. The summed E-state index contributed by atoms with van der Waals surface area (Å²) in [7, 11) is 0. The highest BCUT2D eigenvalue weighted by molar-refractivity contribution is 8.00. The van der Waals surface area contributed by atoms with Crippen LogP contribution in [-0.4, -0.2) is 23.0 Å². The highest BCUT2D eigenvalue weighted by atomic mass is 32.2. The molecule has 1 unspecified atom stereocenters. The molecule has 0 saturated heterocycles. The van der Waals surface area contributed by atoms with Crippen molar-refractivity contribution in [3.05, 3.63) is 29.3 Å². The Morgan fingerprint density at radius 2 is 2.17 bits per heavy atom. The van der Waals surface area contributed by atoms with E-state index >= 15 is 0 Å². The number of ether oxygens (including phenoxy) is 1. The van der Waals surface area contributed by atoms with Gasteiger partial charge in [-0.25, -0.2) is 0 Å². The molecule has 2 nitrogen and oxygen atoms in total. The topological polar surface area (TPSA) is 29.5 Å². The Kier molecular flexibility index (Phi) is 4.07. The highest BCUT2D eigenvalue weighted by Gasteiger charge is 2.27. The first-order valence-electron chi connectivity index (χ1n) is 5.60. The van der Waals surface area contributed by atoms with E-state index in [0.29, 0.717) is 12.2 Å². The Balaban J connectivity index is 1.84. The summed E-state index contributed by atoms with van der Waals surface area (Å²) in [6.07, 6.45) is 1.06. The third-order valence-electron chi connectivity index (χ3n) is 2.78. The van der Waals surface area contributed by atoms with Crippen LogP contribution in [0.2, 0.25) is 0 Å². The van der Waals surface area contributed by atoms with E-state index in [1.807, 2.05) is 0 Å². The number of benzene rings is 1. The van der Waals surface area contributed by atoms with Crippen LogP contribution in [0.5, 0.6) is 5.75 Å². The van der Waals surface area contributed by atoms with Gasteiger partial charge in [-0.05, 0) is 47.9 Å². The Bertz CT molecular complexity index is 420. The van der Waals surface area contributed by atoms with Crippen LogP contribution >= 0.6 is 11.8 Å². The van der Waals surface area contributed by atoms with Crippen LogP contribution in [0.3, 0.4) is 0 Å². The van der Waals surface area contributed by atoms with Crippen molar-refractivity contribution in [2.45, 2.75) is 24.5 Å². The number of hydrogen-bond donors (Lipinski definition) is 1. The summed E-state index contributed by atoms with van der Waals surface area (Å²) in [5.41, 5.74) is -2.29. The number of hydrogen-bond acceptors (Lipinski definition) is 3. The zero-order chi connectivity index (χ0) is 13.2. The van der Waals surface area contributed by atoms with Gasteiger partial charge in [0.05, 0.1) is 12.7 Å². The van der Waals surface area contributed by atoms with E-state index < -0.39 is 11.6 Å². The first kappa shape index (κ1) is 13.5. The van der Waals surface area contributed by atoms with Crippen molar-refractivity contribution in [2.75, 3.05) is 12.4 Å². The van der Waals surface area contributed by atoms with E-state index in [4.69, 9.17) is 4.74 Å². The Morgan fingerprint density at radius 1 is 1.39 bits per heavy atom. The predicted octanol–water partition coefficient (Wildman–Crippen LogP) is 3.30. The molecule has 0 aliphatic heterocycles. The van der Waals surface area contributed by atoms with Crippen molar-refractivity contribution in [1.82, 2.24) is 0 Å². The first-order valence-corrected chi connectivity index (χ1v) is 6.58. The van der Waals surface area contributed by atoms with E-state index in [-0.39, 0.29) is 24.1 Å². The second-order valence-corrected chi connectivity index (χ2v) is 5.22. The molecule has 1 aliphatic rings. The number of alkyl halides is 3. The largest absolute Gasteiger partial charge is 0.493 e. The van der Waals surface area contributed by atoms with Crippen molar-refractivity contribution < 1.29 is 23.0 Å². The molecule has 0 spiro atoms. The van der Waals surface area contributed by atoms with Crippen LogP contribution in [-0.2, 0) is 6.42 Å². The number of halogens is 3. The summed E-state index contributed by atoms with van der Waals surface area (Å²) in [6, 6.07) is 5.26. The average Bonchev–Trinajstić information content (AvgIpc) is 2.65. The summed E-state index contributed by atoms with van der Waals surface area (Å²) in [5.74, 6) is 0.439. The molecular formula is C12H13F3O2S. The quantitative estimate of drug-likeness (QED) is 0.857. The van der Waals surface area contributed by atoms with Gasteiger partial charge in [0.1, 0.15) is 5.75 Å². The van der Waals surface area contributed by atoms with Gasteiger partial charge < -0.3 is 9.84 Å². The Labute approximate surface area is 107 Å². The zero-order valence-electron chi connectivity index (χ0n) is 9.54.